The topological polar surface area (TPSA) is 107 Å². The van der Waals surface area contributed by atoms with Crippen molar-refractivity contribution >= 4 is 17.6 Å². The smallest absolute Gasteiger partial charge is 0.335 e. The Labute approximate surface area is 102 Å². The van der Waals surface area contributed by atoms with E-state index in [1.54, 1.807) is 6.92 Å². The summed E-state index contributed by atoms with van der Waals surface area (Å²) in [6.45, 7) is 1.77. The van der Waals surface area contributed by atoms with E-state index in [9.17, 15) is 19.7 Å². The molecule has 0 spiro atoms. The molecule has 0 fully saturated rings. The summed E-state index contributed by atoms with van der Waals surface area (Å²) in [6, 6.07) is 3.30. The lowest BCUT2D eigenvalue weighted by Gasteiger charge is -2.04. The Morgan fingerprint density at radius 3 is 2.61 bits per heavy atom. The zero-order chi connectivity index (χ0) is 13.7. The van der Waals surface area contributed by atoms with Gasteiger partial charge in [0.1, 0.15) is 0 Å². The number of hydrogen-bond donors (Lipinski definition) is 1. The maximum atomic E-state index is 11.3. The Bertz CT molecular complexity index is 496. The van der Waals surface area contributed by atoms with Crippen molar-refractivity contribution in [3.05, 3.63) is 39.4 Å². The largest absolute Gasteiger partial charge is 0.478 e. The molecule has 0 atom stereocenters. The number of esters is 1. The van der Waals surface area contributed by atoms with E-state index in [1.165, 1.54) is 0 Å². The fraction of sp³-hybridized carbons (Fsp3) is 0.273. The summed E-state index contributed by atoms with van der Waals surface area (Å²) in [4.78, 5) is 32.1. The Hall–Kier alpha value is -2.44. The lowest BCUT2D eigenvalue weighted by atomic mass is 10.1. The molecule has 0 saturated carbocycles. The number of nitrogens with zero attached hydrogens (tertiary/aromatic N) is 1. The van der Waals surface area contributed by atoms with Gasteiger partial charge in [0.15, 0.2) is 0 Å². The Morgan fingerprint density at radius 2 is 2.11 bits per heavy atom. The molecule has 0 bridgehead atoms. The molecule has 0 amide bonds. The van der Waals surface area contributed by atoms with Crippen LogP contribution in [0.3, 0.4) is 0 Å². The maximum absolute atomic E-state index is 11.3. The number of carboxylic acid groups (broad SMARTS) is 1. The van der Waals surface area contributed by atoms with Gasteiger partial charge < -0.3 is 9.84 Å². The highest BCUT2D eigenvalue weighted by Gasteiger charge is 2.19. The Morgan fingerprint density at radius 1 is 1.44 bits per heavy atom. The van der Waals surface area contributed by atoms with Crippen LogP contribution in [0.5, 0.6) is 0 Å². The second kappa shape index (κ2) is 5.76. The van der Waals surface area contributed by atoms with E-state index in [-0.39, 0.29) is 29.8 Å². The zero-order valence-corrected chi connectivity index (χ0v) is 9.58. The number of ether oxygens (including phenoxy) is 1. The standard InChI is InChI=1S/C11H11NO6/c1-2-18-10(13)6-8-5-7(11(14)15)3-4-9(8)12(16)17/h3-5H,2,6H2,1H3,(H,14,15). The van der Waals surface area contributed by atoms with Gasteiger partial charge in [-0.2, -0.15) is 0 Å². The van der Waals surface area contributed by atoms with Crippen LogP contribution >= 0.6 is 0 Å². The normalized spacial score (nSPS) is 9.83. The maximum Gasteiger partial charge on any atom is 0.335 e. The molecule has 96 valence electrons. The molecule has 0 radical (unpaired) electrons. The van der Waals surface area contributed by atoms with E-state index in [1.807, 2.05) is 0 Å². The van der Waals surface area contributed by atoms with Crippen molar-refractivity contribution < 1.29 is 24.4 Å². The number of aromatic carboxylic acids is 1. The molecule has 1 N–H and O–H groups in total. The molecule has 0 heterocycles. The van der Waals surface area contributed by atoms with Gasteiger partial charge in [-0.3, -0.25) is 14.9 Å². The summed E-state index contributed by atoms with van der Waals surface area (Å²) in [6.07, 6.45) is -0.328. The van der Waals surface area contributed by atoms with Gasteiger partial charge in [0.05, 0.1) is 23.5 Å². The number of carbonyl (C=O) groups excluding carboxylic acids is 1. The monoisotopic (exact) mass is 253 g/mol. The van der Waals surface area contributed by atoms with E-state index in [0.717, 1.165) is 18.2 Å². The minimum atomic E-state index is -1.21. The highest BCUT2D eigenvalue weighted by atomic mass is 16.6. The van der Waals surface area contributed by atoms with Gasteiger partial charge in [-0.25, -0.2) is 4.79 Å². The summed E-state index contributed by atoms with van der Waals surface area (Å²) in [7, 11) is 0. The van der Waals surface area contributed by atoms with Crippen LogP contribution in [0.15, 0.2) is 18.2 Å². The van der Waals surface area contributed by atoms with E-state index < -0.39 is 16.9 Å². The van der Waals surface area contributed by atoms with Gasteiger partial charge in [0.25, 0.3) is 5.69 Å². The van der Waals surface area contributed by atoms with Crippen LogP contribution in [0.1, 0.15) is 22.8 Å². The number of benzene rings is 1. The van der Waals surface area contributed by atoms with Crippen LogP contribution < -0.4 is 0 Å². The first-order valence-corrected chi connectivity index (χ1v) is 5.12. The predicted octanol–water partition coefficient (Wildman–Crippen LogP) is 1.40. The van der Waals surface area contributed by atoms with Gasteiger partial charge in [-0.05, 0) is 19.1 Å². The highest BCUT2D eigenvalue weighted by molar-refractivity contribution is 5.88. The van der Waals surface area contributed by atoms with Crippen LogP contribution in [-0.4, -0.2) is 28.6 Å². The molecular formula is C11H11NO6. The summed E-state index contributed by atoms with van der Waals surface area (Å²) in [5.41, 5.74) is -0.383. The van der Waals surface area contributed by atoms with Gasteiger partial charge in [-0.15, -0.1) is 0 Å². The third kappa shape index (κ3) is 3.27. The molecule has 0 aromatic heterocycles. The first kappa shape index (κ1) is 13.6. The highest BCUT2D eigenvalue weighted by Crippen LogP contribution is 2.21. The lowest BCUT2D eigenvalue weighted by Crippen LogP contribution is -2.10. The number of nitro groups is 1. The predicted molar refractivity (Wildman–Crippen MR) is 60.4 cm³/mol. The molecule has 7 nitrogen and oxygen atoms in total. The van der Waals surface area contributed by atoms with E-state index >= 15 is 0 Å². The summed E-state index contributed by atoms with van der Waals surface area (Å²) in [5, 5.41) is 19.5. The molecule has 1 aromatic rings. The molecule has 0 aliphatic heterocycles. The second-order valence-corrected chi connectivity index (χ2v) is 3.39. The minimum absolute atomic E-state index is 0.0263. The molecule has 0 unspecified atom stereocenters. The molecule has 0 saturated heterocycles. The SMILES string of the molecule is CCOC(=O)Cc1cc(C(=O)O)ccc1[N+](=O)[O-]. The fourth-order valence-electron chi connectivity index (χ4n) is 1.41. The van der Waals surface area contributed by atoms with Crippen molar-refractivity contribution in [2.45, 2.75) is 13.3 Å². The van der Waals surface area contributed by atoms with Crippen molar-refractivity contribution in [3.63, 3.8) is 0 Å². The molecular weight excluding hydrogens is 242 g/mol. The van der Waals surface area contributed by atoms with Crippen LogP contribution in [0, 0.1) is 10.1 Å². The van der Waals surface area contributed by atoms with E-state index in [2.05, 4.69) is 4.74 Å². The van der Waals surface area contributed by atoms with E-state index in [4.69, 9.17) is 5.11 Å². The number of nitro benzene ring substituents is 1. The number of rotatable bonds is 5. The summed E-state index contributed by atoms with van der Waals surface area (Å²) >= 11 is 0. The molecule has 0 aliphatic rings. The molecule has 18 heavy (non-hydrogen) atoms. The summed E-state index contributed by atoms with van der Waals surface area (Å²) in [5.74, 6) is -1.85. The van der Waals surface area contributed by atoms with Crippen LogP contribution in [-0.2, 0) is 16.0 Å². The third-order valence-corrected chi connectivity index (χ3v) is 2.16. The van der Waals surface area contributed by atoms with Gasteiger partial charge >= 0.3 is 11.9 Å². The van der Waals surface area contributed by atoms with Crippen molar-refractivity contribution in [2.24, 2.45) is 0 Å². The van der Waals surface area contributed by atoms with Crippen molar-refractivity contribution in [3.8, 4) is 0 Å². The quantitative estimate of drug-likeness (QED) is 0.482. The van der Waals surface area contributed by atoms with Crippen molar-refractivity contribution in [1.29, 1.82) is 0 Å². The number of carboxylic acids is 1. The fourth-order valence-corrected chi connectivity index (χ4v) is 1.41. The van der Waals surface area contributed by atoms with Gasteiger partial charge in [0.2, 0.25) is 0 Å². The first-order chi connectivity index (χ1) is 8.45. The lowest BCUT2D eigenvalue weighted by molar-refractivity contribution is -0.385. The molecule has 1 rings (SSSR count). The average Bonchev–Trinajstić information content (AvgIpc) is 2.28. The second-order valence-electron chi connectivity index (χ2n) is 3.39. The minimum Gasteiger partial charge on any atom is -0.478 e. The van der Waals surface area contributed by atoms with Crippen molar-refractivity contribution in [1.82, 2.24) is 0 Å². The Kier molecular flexibility index (Phi) is 4.36. The number of carbonyl (C=O) groups is 2. The van der Waals surface area contributed by atoms with Gasteiger partial charge in [0, 0.05) is 11.6 Å². The molecule has 0 aliphatic carbocycles. The van der Waals surface area contributed by atoms with Crippen LogP contribution in [0.2, 0.25) is 0 Å². The first-order valence-electron chi connectivity index (χ1n) is 5.12. The molecule has 1 aromatic carbocycles. The van der Waals surface area contributed by atoms with Gasteiger partial charge in [-0.1, -0.05) is 0 Å². The average molecular weight is 253 g/mol. The Balaban J connectivity index is 3.11. The molecule has 7 heteroatoms. The third-order valence-electron chi connectivity index (χ3n) is 2.16. The van der Waals surface area contributed by atoms with Crippen LogP contribution in [0.25, 0.3) is 0 Å². The zero-order valence-electron chi connectivity index (χ0n) is 9.58. The summed E-state index contributed by atoms with van der Waals surface area (Å²) < 4.78 is 4.67. The number of hydrogen-bond acceptors (Lipinski definition) is 5. The van der Waals surface area contributed by atoms with E-state index in [0.29, 0.717) is 0 Å². The van der Waals surface area contributed by atoms with Crippen molar-refractivity contribution in [2.75, 3.05) is 6.61 Å². The van der Waals surface area contributed by atoms with Crippen LogP contribution in [0.4, 0.5) is 5.69 Å².